The van der Waals surface area contributed by atoms with Crippen LogP contribution in [0.3, 0.4) is 0 Å². The van der Waals surface area contributed by atoms with Crippen LogP contribution in [0, 0.1) is 5.82 Å². The van der Waals surface area contributed by atoms with Crippen molar-refractivity contribution in [1.82, 2.24) is 10.6 Å². The average Bonchev–Trinajstić information content (AvgIpc) is 3.11. The van der Waals surface area contributed by atoms with Crippen LogP contribution in [0.5, 0.6) is 0 Å². The van der Waals surface area contributed by atoms with E-state index in [4.69, 9.17) is 0 Å². The standard InChI is InChI=1S/C21H25FN4O/c1-23-21(25-15-16-6-4-8-18(22)14-16)24-12-5-10-20(27)26-13-11-17-7-2-3-9-19(17)26/h2-4,6-9,14H,5,10-13,15H2,1H3,(H2,23,24,25). The predicted molar refractivity (Wildman–Crippen MR) is 106 cm³/mol. The zero-order chi connectivity index (χ0) is 19.1. The van der Waals surface area contributed by atoms with Gasteiger partial charge in [-0.3, -0.25) is 9.79 Å². The van der Waals surface area contributed by atoms with Crippen LogP contribution in [0.25, 0.3) is 0 Å². The van der Waals surface area contributed by atoms with E-state index in [2.05, 4.69) is 21.7 Å². The van der Waals surface area contributed by atoms with Crippen molar-refractivity contribution >= 4 is 17.6 Å². The lowest BCUT2D eigenvalue weighted by molar-refractivity contribution is -0.118. The van der Waals surface area contributed by atoms with Gasteiger partial charge in [-0.05, 0) is 42.2 Å². The van der Waals surface area contributed by atoms with Gasteiger partial charge in [-0.2, -0.15) is 0 Å². The second-order valence-electron chi connectivity index (χ2n) is 6.51. The number of guanidine groups is 1. The molecule has 5 nitrogen and oxygen atoms in total. The summed E-state index contributed by atoms with van der Waals surface area (Å²) >= 11 is 0. The van der Waals surface area contributed by atoms with Crippen LogP contribution in [-0.4, -0.2) is 32.0 Å². The van der Waals surface area contributed by atoms with E-state index in [-0.39, 0.29) is 11.7 Å². The molecule has 0 aromatic heterocycles. The molecule has 0 unspecified atom stereocenters. The van der Waals surface area contributed by atoms with E-state index >= 15 is 0 Å². The van der Waals surface area contributed by atoms with Gasteiger partial charge in [-0.25, -0.2) is 4.39 Å². The molecule has 1 heterocycles. The maximum absolute atomic E-state index is 13.2. The highest BCUT2D eigenvalue weighted by Crippen LogP contribution is 2.27. The molecule has 0 radical (unpaired) electrons. The van der Waals surface area contributed by atoms with Crippen molar-refractivity contribution in [2.45, 2.75) is 25.8 Å². The van der Waals surface area contributed by atoms with Gasteiger partial charge < -0.3 is 15.5 Å². The summed E-state index contributed by atoms with van der Waals surface area (Å²) in [6.45, 7) is 1.90. The Morgan fingerprint density at radius 3 is 2.85 bits per heavy atom. The van der Waals surface area contributed by atoms with Gasteiger partial charge in [0.1, 0.15) is 5.82 Å². The Morgan fingerprint density at radius 2 is 2.04 bits per heavy atom. The molecule has 1 amide bonds. The van der Waals surface area contributed by atoms with Crippen molar-refractivity contribution < 1.29 is 9.18 Å². The Bertz CT molecular complexity index is 821. The number of para-hydroxylation sites is 1. The molecule has 0 spiro atoms. The van der Waals surface area contributed by atoms with E-state index in [1.807, 2.05) is 29.2 Å². The molecule has 0 saturated heterocycles. The van der Waals surface area contributed by atoms with Crippen LogP contribution in [0.15, 0.2) is 53.5 Å². The second kappa shape index (κ2) is 9.16. The normalized spacial score (nSPS) is 13.4. The number of amides is 1. The Kier molecular flexibility index (Phi) is 6.41. The molecule has 0 atom stereocenters. The smallest absolute Gasteiger partial charge is 0.227 e. The first kappa shape index (κ1) is 18.9. The summed E-state index contributed by atoms with van der Waals surface area (Å²) in [5.41, 5.74) is 3.13. The van der Waals surface area contributed by atoms with Gasteiger partial charge in [-0.1, -0.05) is 30.3 Å². The number of hydrogen-bond acceptors (Lipinski definition) is 2. The highest BCUT2D eigenvalue weighted by atomic mass is 19.1. The number of hydrogen-bond donors (Lipinski definition) is 2. The van der Waals surface area contributed by atoms with E-state index in [9.17, 15) is 9.18 Å². The monoisotopic (exact) mass is 368 g/mol. The number of nitrogens with zero attached hydrogens (tertiary/aromatic N) is 2. The van der Waals surface area contributed by atoms with Gasteiger partial charge in [0.15, 0.2) is 5.96 Å². The minimum absolute atomic E-state index is 0.157. The summed E-state index contributed by atoms with van der Waals surface area (Å²) in [5, 5.41) is 6.34. The van der Waals surface area contributed by atoms with E-state index in [0.29, 0.717) is 25.5 Å². The number of halogens is 1. The Balaban J connectivity index is 1.39. The summed E-state index contributed by atoms with van der Waals surface area (Å²) in [4.78, 5) is 18.5. The van der Waals surface area contributed by atoms with E-state index in [1.165, 1.54) is 17.7 Å². The van der Waals surface area contributed by atoms with E-state index in [0.717, 1.165) is 30.6 Å². The van der Waals surface area contributed by atoms with E-state index in [1.54, 1.807) is 13.1 Å². The second-order valence-corrected chi connectivity index (χ2v) is 6.51. The number of anilines is 1. The lowest BCUT2D eigenvalue weighted by Crippen LogP contribution is -2.38. The maximum atomic E-state index is 13.2. The van der Waals surface area contributed by atoms with Crippen LogP contribution in [-0.2, 0) is 17.8 Å². The minimum atomic E-state index is -0.251. The zero-order valence-electron chi connectivity index (χ0n) is 15.5. The van der Waals surface area contributed by atoms with Gasteiger partial charge in [0.25, 0.3) is 0 Å². The first-order valence-electron chi connectivity index (χ1n) is 9.24. The Morgan fingerprint density at radius 1 is 1.19 bits per heavy atom. The molecule has 142 valence electrons. The number of benzene rings is 2. The molecule has 1 aliphatic heterocycles. The van der Waals surface area contributed by atoms with Crippen LogP contribution < -0.4 is 15.5 Å². The quantitative estimate of drug-likeness (QED) is 0.468. The Labute approximate surface area is 159 Å². The molecule has 2 N–H and O–H groups in total. The molecular formula is C21H25FN4O. The number of carbonyl (C=O) groups excluding carboxylic acids is 1. The largest absolute Gasteiger partial charge is 0.356 e. The van der Waals surface area contributed by atoms with Crippen molar-refractivity contribution in [3.8, 4) is 0 Å². The fourth-order valence-electron chi connectivity index (χ4n) is 3.23. The third kappa shape index (κ3) is 5.06. The number of nitrogens with one attached hydrogen (secondary N) is 2. The molecule has 0 bridgehead atoms. The van der Waals surface area contributed by atoms with Crippen molar-refractivity contribution in [3.05, 3.63) is 65.5 Å². The summed E-state index contributed by atoms with van der Waals surface area (Å²) in [5.74, 6) is 0.543. The number of fused-ring (bicyclic) bond motifs is 1. The summed E-state index contributed by atoms with van der Waals surface area (Å²) in [6, 6.07) is 14.5. The summed E-state index contributed by atoms with van der Waals surface area (Å²) < 4.78 is 13.2. The number of aliphatic imine (C=N–C) groups is 1. The molecule has 3 rings (SSSR count). The molecule has 1 aliphatic rings. The van der Waals surface area contributed by atoms with Crippen molar-refractivity contribution in [2.75, 3.05) is 25.0 Å². The minimum Gasteiger partial charge on any atom is -0.356 e. The van der Waals surface area contributed by atoms with Crippen molar-refractivity contribution in [1.29, 1.82) is 0 Å². The van der Waals surface area contributed by atoms with E-state index < -0.39 is 0 Å². The highest BCUT2D eigenvalue weighted by molar-refractivity contribution is 5.95. The van der Waals surface area contributed by atoms with Gasteiger partial charge in [-0.15, -0.1) is 0 Å². The van der Waals surface area contributed by atoms with Crippen LogP contribution in [0.1, 0.15) is 24.0 Å². The molecular weight excluding hydrogens is 343 g/mol. The molecule has 0 fully saturated rings. The topological polar surface area (TPSA) is 56.7 Å². The first-order chi connectivity index (χ1) is 13.2. The SMILES string of the molecule is CN=C(NCCCC(=O)N1CCc2ccccc21)NCc1cccc(F)c1. The van der Waals surface area contributed by atoms with Crippen LogP contribution >= 0.6 is 0 Å². The zero-order valence-corrected chi connectivity index (χ0v) is 15.5. The lowest BCUT2D eigenvalue weighted by Gasteiger charge is -2.17. The lowest BCUT2D eigenvalue weighted by atomic mass is 10.2. The molecule has 27 heavy (non-hydrogen) atoms. The number of rotatable bonds is 6. The van der Waals surface area contributed by atoms with Gasteiger partial charge >= 0.3 is 0 Å². The van der Waals surface area contributed by atoms with Crippen LogP contribution in [0.2, 0.25) is 0 Å². The molecule has 2 aromatic rings. The average molecular weight is 368 g/mol. The van der Waals surface area contributed by atoms with Crippen LogP contribution in [0.4, 0.5) is 10.1 Å². The van der Waals surface area contributed by atoms with Crippen molar-refractivity contribution in [2.24, 2.45) is 4.99 Å². The van der Waals surface area contributed by atoms with Gasteiger partial charge in [0.05, 0.1) is 0 Å². The van der Waals surface area contributed by atoms with Gasteiger partial charge in [0, 0.05) is 38.8 Å². The third-order valence-electron chi connectivity index (χ3n) is 4.62. The molecule has 0 aliphatic carbocycles. The highest BCUT2D eigenvalue weighted by Gasteiger charge is 2.23. The summed E-state index contributed by atoms with van der Waals surface area (Å²) in [7, 11) is 1.69. The molecule has 0 saturated carbocycles. The summed E-state index contributed by atoms with van der Waals surface area (Å²) in [6.07, 6.45) is 2.14. The molecule has 2 aromatic carbocycles. The first-order valence-corrected chi connectivity index (χ1v) is 9.24. The third-order valence-corrected chi connectivity index (χ3v) is 4.62. The number of carbonyl (C=O) groups is 1. The van der Waals surface area contributed by atoms with Gasteiger partial charge in [0.2, 0.25) is 5.91 Å². The fraction of sp³-hybridized carbons (Fsp3) is 0.333. The fourth-order valence-corrected chi connectivity index (χ4v) is 3.23. The predicted octanol–water partition coefficient (Wildman–Crippen LogP) is 2.86. The van der Waals surface area contributed by atoms with Crippen molar-refractivity contribution in [3.63, 3.8) is 0 Å². The molecule has 6 heteroatoms. The Hall–Kier alpha value is -2.89. The maximum Gasteiger partial charge on any atom is 0.227 e.